The first-order valence-corrected chi connectivity index (χ1v) is 11.0. The highest BCUT2D eigenvalue weighted by molar-refractivity contribution is 6.00. The predicted molar refractivity (Wildman–Crippen MR) is 118 cm³/mol. The highest BCUT2D eigenvalue weighted by Gasteiger charge is 2.54. The Morgan fingerprint density at radius 1 is 1.28 bits per heavy atom. The van der Waals surface area contributed by atoms with Crippen molar-refractivity contribution in [2.24, 2.45) is 0 Å². The van der Waals surface area contributed by atoms with Crippen LogP contribution in [0, 0.1) is 0 Å². The van der Waals surface area contributed by atoms with Crippen LogP contribution < -0.4 is 15.0 Å². The van der Waals surface area contributed by atoms with E-state index in [2.05, 4.69) is 5.32 Å². The molecule has 1 unspecified atom stereocenters. The smallest absolute Gasteiger partial charge is 0.252 e. The van der Waals surface area contributed by atoms with Crippen molar-refractivity contribution in [3.63, 3.8) is 0 Å². The van der Waals surface area contributed by atoms with Crippen molar-refractivity contribution in [3.05, 3.63) is 47.7 Å². The molecule has 6 nitrogen and oxygen atoms in total. The molecule has 8 heteroatoms. The number of hydrogen-bond acceptors (Lipinski definition) is 4. The Labute approximate surface area is 186 Å². The summed E-state index contributed by atoms with van der Waals surface area (Å²) in [5, 5.41) is 3.02. The first kappa shape index (κ1) is 22.3. The molecule has 0 radical (unpaired) electrons. The lowest BCUT2D eigenvalue weighted by Crippen LogP contribution is -2.63. The minimum Gasteiger partial charge on any atom is -0.497 e. The molecule has 1 aliphatic heterocycles. The van der Waals surface area contributed by atoms with Crippen LogP contribution in [0.3, 0.4) is 0 Å². The van der Waals surface area contributed by atoms with Crippen LogP contribution in [0.15, 0.2) is 47.7 Å². The summed E-state index contributed by atoms with van der Waals surface area (Å²) < 4.78 is 32.6. The van der Waals surface area contributed by atoms with E-state index in [9.17, 15) is 18.4 Å². The van der Waals surface area contributed by atoms with Crippen LogP contribution in [0.2, 0.25) is 0 Å². The number of nitrogens with zero attached hydrogens (tertiary/aromatic N) is 2. The van der Waals surface area contributed by atoms with Crippen molar-refractivity contribution >= 4 is 18.0 Å². The topological polar surface area (TPSA) is 61.9 Å². The summed E-state index contributed by atoms with van der Waals surface area (Å²) in [4.78, 5) is 29.9. The zero-order valence-electron chi connectivity index (χ0n) is 18.4. The van der Waals surface area contributed by atoms with Gasteiger partial charge in [-0.05, 0) is 43.4 Å². The molecule has 1 N–H and O–H groups in total. The van der Waals surface area contributed by atoms with E-state index in [4.69, 9.17) is 4.74 Å². The minimum absolute atomic E-state index is 0.219. The van der Waals surface area contributed by atoms with E-state index < -0.39 is 11.5 Å². The first-order chi connectivity index (χ1) is 15.3. The standard InChI is InChI=1S/C24H29F2N3O3/c1-28-14-4-5-17-8-13-24(21(17)28,22(31)27-18-9-11-23(25,26)12-10-18)29(16-30)19-6-3-7-20(15-19)32-2/h3-7,15-16,18H,8-14H2,1-2H3,(H,27,31). The van der Waals surface area contributed by atoms with Crippen molar-refractivity contribution in [2.45, 2.75) is 56.0 Å². The van der Waals surface area contributed by atoms with E-state index >= 15 is 0 Å². The van der Waals surface area contributed by atoms with E-state index in [-0.39, 0.29) is 37.6 Å². The lowest BCUT2D eigenvalue weighted by Gasteiger charge is -2.44. The molecule has 1 heterocycles. The fourth-order valence-corrected chi connectivity index (χ4v) is 5.17. The van der Waals surface area contributed by atoms with Gasteiger partial charge in [-0.15, -0.1) is 0 Å². The molecule has 0 saturated heterocycles. The van der Waals surface area contributed by atoms with Crippen LogP contribution in [-0.4, -0.2) is 55.4 Å². The number of ether oxygens (including phenoxy) is 1. The number of benzene rings is 1. The fraction of sp³-hybridized carbons (Fsp3) is 0.500. The number of anilines is 1. The minimum atomic E-state index is -2.67. The van der Waals surface area contributed by atoms with Gasteiger partial charge in [0, 0.05) is 44.2 Å². The normalized spacial score (nSPS) is 24.8. The lowest BCUT2D eigenvalue weighted by molar-refractivity contribution is -0.129. The molecule has 0 spiro atoms. The maximum Gasteiger partial charge on any atom is 0.252 e. The molecule has 4 rings (SSSR count). The van der Waals surface area contributed by atoms with Crippen molar-refractivity contribution in [1.29, 1.82) is 0 Å². The zero-order valence-corrected chi connectivity index (χ0v) is 18.4. The van der Waals surface area contributed by atoms with Gasteiger partial charge >= 0.3 is 0 Å². The van der Waals surface area contributed by atoms with E-state index in [1.807, 2.05) is 24.1 Å². The number of alkyl halides is 2. The molecule has 0 bridgehead atoms. The van der Waals surface area contributed by atoms with Gasteiger partial charge in [0.25, 0.3) is 5.91 Å². The molecule has 3 aliphatic rings. The van der Waals surface area contributed by atoms with Crippen LogP contribution in [0.5, 0.6) is 5.75 Å². The van der Waals surface area contributed by atoms with Gasteiger partial charge in [0.05, 0.1) is 12.8 Å². The third-order valence-corrected chi connectivity index (χ3v) is 6.81. The van der Waals surface area contributed by atoms with E-state index in [1.165, 1.54) is 4.90 Å². The Kier molecular flexibility index (Phi) is 5.97. The summed E-state index contributed by atoms with van der Waals surface area (Å²) in [5.41, 5.74) is 1.08. The summed E-state index contributed by atoms with van der Waals surface area (Å²) in [6.45, 7) is 0.619. The maximum absolute atomic E-state index is 13.9. The van der Waals surface area contributed by atoms with Gasteiger partial charge in [-0.3, -0.25) is 14.5 Å². The van der Waals surface area contributed by atoms with E-state index in [0.29, 0.717) is 37.2 Å². The number of rotatable bonds is 6. The van der Waals surface area contributed by atoms with Crippen molar-refractivity contribution in [1.82, 2.24) is 10.2 Å². The highest BCUT2D eigenvalue weighted by Crippen LogP contribution is 2.46. The van der Waals surface area contributed by atoms with Crippen LogP contribution in [0.4, 0.5) is 14.5 Å². The molecule has 2 aliphatic carbocycles. The van der Waals surface area contributed by atoms with Crippen LogP contribution >= 0.6 is 0 Å². The number of allylic oxidation sites excluding steroid dienone is 2. The first-order valence-electron chi connectivity index (χ1n) is 11.0. The van der Waals surface area contributed by atoms with Gasteiger partial charge in [0.15, 0.2) is 5.54 Å². The Balaban J connectivity index is 1.74. The second kappa shape index (κ2) is 8.56. The number of methoxy groups -OCH3 is 1. The van der Waals surface area contributed by atoms with Crippen molar-refractivity contribution in [3.8, 4) is 5.75 Å². The molecule has 1 aromatic rings. The Bertz CT molecular complexity index is 952. The van der Waals surface area contributed by atoms with Crippen molar-refractivity contribution < 1.29 is 23.1 Å². The lowest BCUT2D eigenvalue weighted by atomic mass is 9.87. The van der Waals surface area contributed by atoms with Crippen LogP contribution in [0.25, 0.3) is 0 Å². The van der Waals surface area contributed by atoms with Gasteiger partial charge in [-0.2, -0.15) is 0 Å². The number of nitrogens with one attached hydrogen (secondary N) is 1. The largest absolute Gasteiger partial charge is 0.497 e. The van der Waals surface area contributed by atoms with Crippen LogP contribution in [0.1, 0.15) is 38.5 Å². The Morgan fingerprint density at radius 3 is 2.72 bits per heavy atom. The average Bonchev–Trinajstić information content (AvgIpc) is 3.18. The second-order valence-electron chi connectivity index (χ2n) is 8.80. The third-order valence-electron chi connectivity index (χ3n) is 6.81. The van der Waals surface area contributed by atoms with E-state index in [1.54, 1.807) is 31.4 Å². The van der Waals surface area contributed by atoms with Crippen LogP contribution in [-0.2, 0) is 9.59 Å². The monoisotopic (exact) mass is 445 g/mol. The fourth-order valence-electron chi connectivity index (χ4n) is 5.17. The van der Waals surface area contributed by atoms with Gasteiger partial charge in [-0.1, -0.05) is 18.2 Å². The maximum atomic E-state index is 13.9. The number of carbonyl (C=O) groups excluding carboxylic acids is 2. The van der Waals surface area contributed by atoms with Crippen molar-refractivity contribution in [2.75, 3.05) is 25.6 Å². The highest BCUT2D eigenvalue weighted by atomic mass is 19.3. The number of hydrogen-bond donors (Lipinski definition) is 1. The molecule has 32 heavy (non-hydrogen) atoms. The summed E-state index contributed by atoms with van der Waals surface area (Å²) in [6, 6.07) is 6.70. The molecule has 1 saturated carbocycles. The SMILES string of the molecule is COc1cccc(N(C=O)C2(C(=O)NC3CCC(F)(F)CC3)CCC3=C2N(C)CC=C3)c1. The average molecular weight is 446 g/mol. The predicted octanol–water partition coefficient (Wildman–Crippen LogP) is 3.64. The molecule has 172 valence electrons. The van der Waals surface area contributed by atoms with E-state index in [0.717, 1.165) is 11.3 Å². The van der Waals surface area contributed by atoms with Gasteiger partial charge in [0.2, 0.25) is 12.3 Å². The second-order valence-corrected chi connectivity index (χ2v) is 8.80. The molecule has 0 aromatic heterocycles. The third kappa shape index (κ3) is 3.87. The number of amides is 2. The zero-order chi connectivity index (χ0) is 22.9. The van der Waals surface area contributed by atoms with Gasteiger partial charge < -0.3 is 15.0 Å². The molecule has 2 amide bonds. The summed E-state index contributed by atoms with van der Waals surface area (Å²) in [7, 11) is 3.45. The Morgan fingerprint density at radius 2 is 2.03 bits per heavy atom. The van der Waals surface area contributed by atoms with Gasteiger partial charge in [-0.25, -0.2) is 8.78 Å². The summed E-state index contributed by atoms with van der Waals surface area (Å²) in [5.74, 6) is -2.43. The number of halogens is 2. The van der Waals surface area contributed by atoms with Gasteiger partial charge in [0.1, 0.15) is 5.75 Å². The summed E-state index contributed by atoms with van der Waals surface area (Å²) in [6.07, 6.45) is 5.74. The summed E-state index contributed by atoms with van der Waals surface area (Å²) >= 11 is 0. The quantitative estimate of drug-likeness (QED) is 0.680. The Hall–Kier alpha value is -2.90. The molecular formula is C24H29F2N3O3. The number of carbonyl (C=O) groups is 2. The molecule has 1 fully saturated rings. The molecule has 1 aromatic carbocycles. The molecular weight excluding hydrogens is 416 g/mol. The number of likely N-dealkylation sites (N-methyl/N-ethyl adjacent to an activating group) is 1. The molecule has 1 atom stereocenters.